The van der Waals surface area contributed by atoms with Crippen LogP contribution in [0.5, 0.6) is 0 Å². The molecule has 0 saturated carbocycles. The van der Waals surface area contributed by atoms with Crippen molar-refractivity contribution in [3.05, 3.63) is 30.0 Å². The number of hydrogen-bond acceptors (Lipinski definition) is 5. The van der Waals surface area contributed by atoms with Crippen molar-refractivity contribution in [2.75, 3.05) is 31.5 Å². The Morgan fingerprint density at radius 3 is 2.48 bits per heavy atom. The summed E-state index contributed by atoms with van der Waals surface area (Å²) in [4.78, 5) is 51.9. The second kappa shape index (κ2) is 8.74. The molecule has 1 aliphatic rings. The summed E-state index contributed by atoms with van der Waals surface area (Å²) in [5, 5.41) is 21.8. The Bertz CT molecular complexity index is 932. The van der Waals surface area contributed by atoms with Gasteiger partial charge in [0.1, 0.15) is 6.04 Å². The van der Waals surface area contributed by atoms with Gasteiger partial charge in [-0.25, -0.2) is 0 Å². The normalized spacial score (nSPS) is 15.8. The number of amides is 2. The average Bonchev–Trinajstić information content (AvgIpc) is 3.10. The fourth-order valence-corrected chi connectivity index (χ4v) is 3.48. The highest BCUT2D eigenvalue weighted by molar-refractivity contribution is 5.96. The van der Waals surface area contributed by atoms with Crippen LogP contribution in [0.3, 0.4) is 0 Å². The molecule has 1 aromatic heterocycles. The smallest absolute Gasteiger partial charge is 0.325 e. The molecule has 2 amide bonds. The van der Waals surface area contributed by atoms with Gasteiger partial charge in [-0.05, 0) is 18.2 Å². The number of carboxylic acids is 2. The Balaban J connectivity index is 1.84. The van der Waals surface area contributed by atoms with Crippen LogP contribution in [0, 0.1) is 0 Å². The molecule has 2 heterocycles. The fourth-order valence-electron chi connectivity index (χ4n) is 3.48. The van der Waals surface area contributed by atoms with Gasteiger partial charge in [0, 0.05) is 61.0 Å². The predicted octanol–water partition coefficient (Wildman–Crippen LogP) is 0.871. The molecular weight excluding hydrogens is 380 g/mol. The molecule has 0 aliphatic carbocycles. The number of anilines is 1. The summed E-state index contributed by atoms with van der Waals surface area (Å²) < 4.78 is 0. The third kappa shape index (κ3) is 4.72. The number of hydrogen-bond donors (Lipinski definition) is 4. The van der Waals surface area contributed by atoms with E-state index in [-0.39, 0.29) is 12.8 Å². The van der Waals surface area contributed by atoms with Crippen LogP contribution in [-0.2, 0) is 19.2 Å². The minimum absolute atomic E-state index is 0.147. The Morgan fingerprint density at radius 1 is 1.14 bits per heavy atom. The lowest BCUT2D eigenvalue weighted by atomic mass is 10.0. The van der Waals surface area contributed by atoms with Gasteiger partial charge >= 0.3 is 11.9 Å². The molecule has 1 aliphatic heterocycles. The van der Waals surface area contributed by atoms with Crippen molar-refractivity contribution >= 4 is 40.8 Å². The molecule has 1 saturated heterocycles. The summed E-state index contributed by atoms with van der Waals surface area (Å²) in [7, 11) is 0. The molecule has 10 heteroatoms. The van der Waals surface area contributed by atoms with Crippen molar-refractivity contribution in [3.8, 4) is 0 Å². The second-order valence-electron chi connectivity index (χ2n) is 6.86. The van der Waals surface area contributed by atoms with Crippen molar-refractivity contribution in [2.24, 2.45) is 0 Å². The first-order chi connectivity index (χ1) is 13.9. The quantitative estimate of drug-likeness (QED) is 0.480. The van der Waals surface area contributed by atoms with Gasteiger partial charge in [-0.15, -0.1) is 0 Å². The number of aromatic amines is 1. The third-order valence-electron chi connectivity index (χ3n) is 4.96. The number of nitrogens with zero attached hydrogens (tertiary/aromatic N) is 2. The van der Waals surface area contributed by atoms with Gasteiger partial charge < -0.3 is 25.4 Å². The van der Waals surface area contributed by atoms with Gasteiger partial charge in [0.2, 0.25) is 12.3 Å². The number of fused-ring (bicyclic) bond motifs is 1. The zero-order valence-corrected chi connectivity index (χ0v) is 15.6. The number of aromatic nitrogens is 1. The standard InChI is InChI=1S/C19H22N4O6/c24-11-22-5-7-23(8-6-22)18(19(28)29)14-10-20-15-2-1-12(9-13(14)15)21-16(25)3-4-17(26)27/h1-2,9-11,18,20H,3-8H2,(H,21,25)(H,26,27)(H,28,29)/t18-/m0/s1. The van der Waals surface area contributed by atoms with E-state index in [1.807, 2.05) is 4.90 Å². The molecule has 0 unspecified atom stereocenters. The highest BCUT2D eigenvalue weighted by atomic mass is 16.4. The Hall–Kier alpha value is -3.40. The monoisotopic (exact) mass is 402 g/mol. The van der Waals surface area contributed by atoms with Crippen LogP contribution in [-0.4, -0.2) is 75.4 Å². The zero-order chi connectivity index (χ0) is 21.0. The van der Waals surface area contributed by atoms with Crippen LogP contribution in [0.15, 0.2) is 24.4 Å². The first-order valence-corrected chi connectivity index (χ1v) is 9.18. The number of H-pyrrole nitrogens is 1. The first-order valence-electron chi connectivity index (χ1n) is 9.18. The van der Waals surface area contributed by atoms with E-state index in [1.54, 1.807) is 29.3 Å². The van der Waals surface area contributed by atoms with Gasteiger partial charge in [0.15, 0.2) is 0 Å². The summed E-state index contributed by atoms with van der Waals surface area (Å²) in [6, 6.07) is 4.18. The Morgan fingerprint density at radius 2 is 1.86 bits per heavy atom. The van der Waals surface area contributed by atoms with Gasteiger partial charge in [0.05, 0.1) is 6.42 Å². The lowest BCUT2D eigenvalue weighted by molar-refractivity contribution is -0.144. The van der Waals surface area contributed by atoms with Crippen LogP contribution in [0.25, 0.3) is 10.9 Å². The van der Waals surface area contributed by atoms with Crippen LogP contribution in [0.2, 0.25) is 0 Å². The van der Waals surface area contributed by atoms with E-state index >= 15 is 0 Å². The van der Waals surface area contributed by atoms with Gasteiger partial charge in [-0.3, -0.25) is 24.1 Å². The van der Waals surface area contributed by atoms with E-state index in [4.69, 9.17) is 5.11 Å². The highest BCUT2D eigenvalue weighted by Crippen LogP contribution is 2.31. The van der Waals surface area contributed by atoms with Crippen molar-refractivity contribution in [1.82, 2.24) is 14.8 Å². The number of piperazine rings is 1. The lowest BCUT2D eigenvalue weighted by Gasteiger charge is -2.36. The van der Waals surface area contributed by atoms with E-state index in [0.717, 1.165) is 11.9 Å². The SMILES string of the molecule is O=CN1CCN([C@H](C(=O)O)c2c[nH]c3ccc(NC(=O)CCC(=O)O)cc23)CC1. The molecule has 2 aromatic rings. The maximum Gasteiger partial charge on any atom is 0.325 e. The van der Waals surface area contributed by atoms with Gasteiger partial charge in [-0.2, -0.15) is 0 Å². The molecule has 3 rings (SSSR count). The largest absolute Gasteiger partial charge is 0.481 e. The first kappa shape index (κ1) is 20.3. The maximum absolute atomic E-state index is 12.0. The Labute approximate surface area is 166 Å². The lowest BCUT2D eigenvalue weighted by Crippen LogP contribution is -2.48. The zero-order valence-electron chi connectivity index (χ0n) is 15.6. The molecule has 0 radical (unpaired) electrons. The Kier molecular flexibility index (Phi) is 6.13. The molecule has 10 nitrogen and oxygen atoms in total. The van der Waals surface area contributed by atoms with Crippen LogP contribution >= 0.6 is 0 Å². The highest BCUT2D eigenvalue weighted by Gasteiger charge is 2.32. The van der Waals surface area contributed by atoms with E-state index < -0.39 is 23.9 Å². The number of carbonyl (C=O) groups excluding carboxylic acids is 2. The molecule has 0 bridgehead atoms. The van der Waals surface area contributed by atoms with Crippen molar-refractivity contribution in [3.63, 3.8) is 0 Å². The predicted molar refractivity (Wildman–Crippen MR) is 103 cm³/mol. The molecule has 4 N–H and O–H groups in total. The molecule has 1 aromatic carbocycles. The van der Waals surface area contributed by atoms with Crippen molar-refractivity contribution < 1.29 is 29.4 Å². The summed E-state index contributed by atoms with van der Waals surface area (Å²) in [5.41, 5.74) is 1.75. The van der Waals surface area contributed by atoms with Gasteiger partial charge in [-0.1, -0.05) is 0 Å². The van der Waals surface area contributed by atoms with Crippen molar-refractivity contribution in [2.45, 2.75) is 18.9 Å². The summed E-state index contributed by atoms with van der Waals surface area (Å²) in [6.07, 6.45) is 1.99. The molecule has 1 atom stereocenters. The van der Waals surface area contributed by atoms with Crippen LogP contribution in [0.4, 0.5) is 5.69 Å². The molecule has 0 spiro atoms. The number of nitrogens with one attached hydrogen (secondary N) is 2. The minimum Gasteiger partial charge on any atom is -0.481 e. The minimum atomic E-state index is -1.05. The van der Waals surface area contributed by atoms with E-state index in [0.29, 0.717) is 42.8 Å². The number of rotatable bonds is 8. The molecule has 29 heavy (non-hydrogen) atoms. The molecule has 154 valence electrons. The number of carboxylic acid groups (broad SMARTS) is 2. The average molecular weight is 402 g/mol. The summed E-state index contributed by atoms with van der Waals surface area (Å²) in [6.45, 7) is 1.79. The summed E-state index contributed by atoms with van der Waals surface area (Å²) >= 11 is 0. The fraction of sp³-hybridized carbons (Fsp3) is 0.368. The van der Waals surface area contributed by atoms with E-state index in [1.165, 1.54) is 0 Å². The molecule has 1 fully saturated rings. The number of carbonyl (C=O) groups is 4. The van der Waals surface area contributed by atoms with E-state index in [2.05, 4.69) is 10.3 Å². The third-order valence-corrected chi connectivity index (χ3v) is 4.96. The molecular formula is C19H22N4O6. The number of benzene rings is 1. The topological polar surface area (TPSA) is 143 Å². The summed E-state index contributed by atoms with van der Waals surface area (Å²) in [5.74, 6) is -2.48. The van der Waals surface area contributed by atoms with E-state index in [9.17, 15) is 24.3 Å². The van der Waals surface area contributed by atoms with Crippen LogP contribution in [0.1, 0.15) is 24.4 Å². The van der Waals surface area contributed by atoms with Crippen LogP contribution < -0.4 is 5.32 Å². The van der Waals surface area contributed by atoms with Gasteiger partial charge in [0.25, 0.3) is 0 Å². The maximum atomic E-state index is 12.0. The number of aliphatic carboxylic acids is 2. The second-order valence-corrected chi connectivity index (χ2v) is 6.86. The van der Waals surface area contributed by atoms with Crippen molar-refractivity contribution in [1.29, 1.82) is 0 Å².